The third-order valence-corrected chi connectivity index (χ3v) is 3.97. The number of benzene rings is 1. The molecule has 3 amide bonds. The van der Waals surface area contributed by atoms with Crippen LogP contribution in [0.1, 0.15) is 18.1 Å². The minimum absolute atomic E-state index is 0.0211. The Hall–Kier alpha value is -2.87. The molecule has 3 heterocycles. The Morgan fingerprint density at radius 2 is 2.22 bits per heavy atom. The molecule has 1 saturated heterocycles. The number of carbonyl (C=O) groups excluding carboxylic acids is 2. The summed E-state index contributed by atoms with van der Waals surface area (Å²) in [7, 11) is 0. The van der Waals surface area contributed by atoms with Gasteiger partial charge in [0.25, 0.3) is 11.8 Å². The molecule has 0 aliphatic carbocycles. The molecule has 3 aliphatic rings. The molecule has 0 unspecified atom stereocenters. The lowest BCUT2D eigenvalue weighted by Crippen LogP contribution is -2.69. The van der Waals surface area contributed by atoms with Gasteiger partial charge in [0.05, 0.1) is 11.3 Å². The fourth-order valence-corrected chi connectivity index (χ4v) is 2.90. The number of imide groups is 1. The minimum atomic E-state index is -1.99. The lowest BCUT2D eigenvalue weighted by atomic mass is 9.98. The molecule has 118 valence electrons. The van der Waals surface area contributed by atoms with E-state index < -0.39 is 17.8 Å². The summed E-state index contributed by atoms with van der Waals surface area (Å²) < 4.78 is 5.66. The number of hydrogen-bond acceptors (Lipinski definition) is 6. The smallest absolute Gasteiger partial charge is 0.325 e. The van der Waals surface area contributed by atoms with Crippen LogP contribution < -0.4 is 20.8 Å². The van der Waals surface area contributed by atoms with E-state index in [0.717, 1.165) is 23.3 Å². The van der Waals surface area contributed by atoms with E-state index in [1.165, 1.54) is 6.08 Å². The molecule has 1 fully saturated rings. The van der Waals surface area contributed by atoms with E-state index in [1.54, 1.807) is 0 Å². The van der Waals surface area contributed by atoms with Crippen molar-refractivity contribution in [1.82, 2.24) is 16.1 Å². The monoisotopic (exact) mass is 314 g/mol. The maximum Gasteiger partial charge on any atom is 0.325 e. The number of carbonyl (C=O) groups is 2. The standard InChI is InChI=1S/C15H14N4O4/c1-7-4-9-5-8(2-3-12(9)23-7)11-6-10-13(20)16-14(21)17-15(10,22)19-18-11/h2-3,5-7,19,22H,4H2,1H3,(H2,16,17,20,21)/t7-,15-/m0/s1. The van der Waals surface area contributed by atoms with Gasteiger partial charge in [0.15, 0.2) is 0 Å². The summed E-state index contributed by atoms with van der Waals surface area (Å²) in [5, 5.41) is 18.7. The second kappa shape index (κ2) is 4.56. The Morgan fingerprint density at radius 3 is 3.04 bits per heavy atom. The molecule has 0 radical (unpaired) electrons. The van der Waals surface area contributed by atoms with Gasteiger partial charge in [-0.2, -0.15) is 5.10 Å². The van der Waals surface area contributed by atoms with E-state index in [-0.39, 0.29) is 11.7 Å². The molecule has 0 aromatic heterocycles. The van der Waals surface area contributed by atoms with E-state index in [0.29, 0.717) is 5.71 Å². The Labute approximate surface area is 131 Å². The zero-order valence-electron chi connectivity index (χ0n) is 12.2. The van der Waals surface area contributed by atoms with Gasteiger partial charge in [-0.15, -0.1) is 0 Å². The number of hydrogen-bond donors (Lipinski definition) is 4. The van der Waals surface area contributed by atoms with Crippen molar-refractivity contribution in [3.63, 3.8) is 0 Å². The number of aliphatic hydroxyl groups is 1. The van der Waals surface area contributed by atoms with Gasteiger partial charge in [0.1, 0.15) is 11.9 Å². The second-order valence-corrected chi connectivity index (χ2v) is 5.74. The van der Waals surface area contributed by atoms with E-state index >= 15 is 0 Å². The van der Waals surface area contributed by atoms with Crippen molar-refractivity contribution in [3.8, 4) is 5.75 Å². The van der Waals surface area contributed by atoms with E-state index in [4.69, 9.17) is 4.74 Å². The summed E-state index contributed by atoms with van der Waals surface area (Å²) in [5.41, 5.74) is 4.75. The lowest BCUT2D eigenvalue weighted by Gasteiger charge is -2.36. The first-order chi connectivity index (χ1) is 10.9. The highest BCUT2D eigenvalue weighted by atomic mass is 16.5. The predicted molar refractivity (Wildman–Crippen MR) is 79.6 cm³/mol. The highest BCUT2D eigenvalue weighted by molar-refractivity contribution is 6.17. The lowest BCUT2D eigenvalue weighted by molar-refractivity contribution is -0.121. The number of rotatable bonds is 1. The molecule has 8 nitrogen and oxygen atoms in total. The van der Waals surface area contributed by atoms with Crippen molar-refractivity contribution in [2.45, 2.75) is 25.3 Å². The van der Waals surface area contributed by atoms with Gasteiger partial charge in [0.2, 0.25) is 0 Å². The minimum Gasteiger partial charge on any atom is -0.490 e. The van der Waals surface area contributed by atoms with Gasteiger partial charge in [-0.05, 0) is 36.8 Å². The molecular weight excluding hydrogens is 300 g/mol. The number of amides is 3. The third-order valence-electron chi connectivity index (χ3n) is 3.97. The molecular formula is C15H14N4O4. The zero-order valence-corrected chi connectivity index (χ0v) is 12.2. The van der Waals surface area contributed by atoms with Gasteiger partial charge in [-0.1, -0.05) is 0 Å². The first-order valence-corrected chi connectivity index (χ1v) is 7.17. The van der Waals surface area contributed by atoms with Gasteiger partial charge in [0, 0.05) is 12.0 Å². The zero-order chi connectivity index (χ0) is 16.2. The van der Waals surface area contributed by atoms with Gasteiger partial charge < -0.3 is 9.84 Å². The van der Waals surface area contributed by atoms with Crippen LogP contribution in [-0.2, 0) is 11.2 Å². The number of nitrogens with one attached hydrogen (secondary N) is 3. The van der Waals surface area contributed by atoms with E-state index in [9.17, 15) is 14.7 Å². The molecule has 0 spiro atoms. The van der Waals surface area contributed by atoms with Crippen LogP contribution in [0, 0.1) is 0 Å². The quantitative estimate of drug-likeness (QED) is 0.570. The largest absolute Gasteiger partial charge is 0.490 e. The van der Waals surface area contributed by atoms with Crippen LogP contribution in [0.15, 0.2) is 34.9 Å². The van der Waals surface area contributed by atoms with Crippen molar-refractivity contribution in [2.24, 2.45) is 5.10 Å². The van der Waals surface area contributed by atoms with Crippen LogP contribution in [0.3, 0.4) is 0 Å². The number of urea groups is 1. The number of allylic oxidation sites excluding steroid dienone is 1. The molecule has 0 bridgehead atoms. The van der Waals surface area contributed by atoms with Crippen molar-refractivity contribution in [2.75, 3.05) is 0 Å². The van der Waals surface area contributed by atoms with Gasteiger partial charge in [-0.25, -0.2) is 4.79 Å². The highest BCUT2D eigenvalue weighted by Gasteiger charge is 2.44. The SMILES string of the molecule is C[C@H]1Cc2cc(C3=NN[C@@]4(O)NC(=O)NC(=O)C4=C3)ccc2O1. The van der Waals surface area contributed by atoms with Crippen LogP contribution in [-0.4, -0.2) is 34.7 Å². The topological polar surface area (TPSA) is 112 Å². The van der Waals surface area contributed by atoms with Crippen LogP contribution in [0.4, 0.5) is 4.79 Å². The van der Waals surface area contributed by atoms with Crippen molar-refractivity contribution in [3.05, 3.63) is 41.0 Å². The van der Waals surface area contributed by atoms with Crippen LogP contribution in [0.25, 0.3) is 0 Å². The van der Waals surface area contributed by atoms with Crippen LogP contribution in [0.5, 0.6) is 5.75 Å². The van der Waals surface area contributed by atoms with Gasteiger partial charge in [-0.3, -0.25) is 20.9 Å². The Kier molecular flexibility index (Phi) is 2.73. The summed E-state index contributed by atoms with van der Waals surface area (Å²) in [6.45, 7) is 2.00. The first-order valence-electron chi connectivity index (χ1n) is 7.17. The fourth-order valence-electron chi connectivity index (χ4n) is 2.90. The number of nitrogens with zero attached hydrogens (tertiary/aromatic N) is 1. The summed E-state index contributed by atoms with van der Waals surface area (Å²) in [6.07, 6.45) is 2.39. The Balaban J connectivity index is 1.70. The number of fused-ring (bicyclic) bond motifs is 2. The molecule has 1 aromatic carbocycles. The molecule has 23 heavy (non-hydrogen) atoms. The summed E-state index contributed by atoms with van der Waals surface area (Å²) >= 11 is 0. The van der Waals surface area contributed by atoms with Gasteiger partial charge >= 0.3 is 6.03 Å². The average Bonchev–Trinajstić information content (AvgIpc) is 2.85. The Bertz CT molecular complexity index is 801. The average molecular weight is 314 g/mol. The van der Waals surface area contributed by atoms with E-state index in [1.807, 2.05) is 25.1 Å². The molecule has 4 N–H and O–H groups in total. The third kappa shape index (κ3) is 2.15. The second-order valence-electron chi connectivity index (χ2n) is 5.74. The molecule has 1 aromatic rings. The molecule has 8 heteroatoms. The number of hydrazone groups is 1. The predicted octanol–water partition coefficient (Wildman–Crippen LogP) is -0.271. The van der Waals surface area contributed by atoms with Crippen molar-refractivity contribution < 1.29 is 19.4 Å². The van der Waals surface area contributed by atoms with Crippen molar-refractivity contribution >= 4 is 17.6 Å². The van der Waals surface area contributed by atoms with E-state index in [2.05, 4.69) is 21.2 Å². The summed E-state index contributed by atoms with van der Waals surface area (Å²) in [6, 6.07) is 4.85. The fraction of sp³-hybridized carbons (Fsp3) is 0.267. The highest BCUT2D eigenvalue weighted by Crippen LogP contribution is 2.30. The molecule has 2 atom stereocenters. The summed E-state index contributed by atoms with van der Waals surface area (Å²) in [5.74, 6) is -1.82. The normalized spacial score (nSPS) is 28.3. The molecule has 0 saturated carbocycles. The maximum absolute atomic E-state index is 11.9. The first kappa shape index (κ1) is 13.8. The van der Waals surface area contributed by atoms with Crippen LogP contribution in [0.2, 0.25) is 0 Å². The molecule has 3 aliphatic heterocycles. The number of ether oxygens (including phenoxy) is 1. The van der Waals surface area contributed by atoms with Crippen molar-refractivity contribution in [1.29, 1.82) is 0 Å². The van der Waals surface area contributed by atoms with Crippen LogP contribution >= 0.6 is 0 Å². The maximum atomic E-state index is 11.9. The molecule has 4 rings (SSSR count). The summed E-state index contributed by atoms with van der Waals surface area (Å²) in [4.78, 5) is 23.2. The Morgan fingerprint density at radius 1 is 1.39 bits per heavy atom.